The summed E-state index contributed by atoms with van der Waals surface area (Å²) in [6.07, 6.45) is 2.30. The van der Waals surface area contributed by atoms with Gasteiger partial charge in [0.15, 0.2) is 0 Å². The number of rotatable bonds is 4. The van der Waals surface area contributed by atoms with Crippen LogP contribution in [0.15, 0.2) is 0 Å². The monoisotopic (exact) mass is 144 g/mol. The quantitative estimate of drug-likeness (QED) is 0.642. The molecular formula is C9H20O. The Morgan fingerprint density at radius 1 is 1.20 bits per heavy atom. The summed E-state index contributed by atoms with van der Waals surface area (Å²) in [5.74, 6) is 1.10. The van der Waals surface area contributed by atoms with E-state index in [1.54, 1.807) is 0 Å². The van der Waals surface area contributed by atoms with Crippen LogP contribution in [0.3, 0.4) is 0 Å². The summed E-state index contributed by atoms with van der Waals surface area (Å²) < 4.78 is 0. The van der Waals surface area contributed by atoms with E-state index in [9.17, 15) is 5.11 Å². The molecule has 0 bridgehead atoms. The maximum absolute atomic E-state index is 9.22. The molecule has 0 saturated heterocycles. The first-order valence-electron chi connectivity index (χ1n) is 4.27. The van der Waals surface area contributed by atoms with Gasteiger partial charge in [0.25, 0.3) is 0 Å². The van der Waals surface area contributed by atoms with E-state index in [1.807, 2.05) is 6.92 Å². The van der Waals surface area contributed by atoms with Crippen LogP contribution in [-0.4, -0.2) is 11.2 Å². The molecule has 3 atom stereocenters. The Labute approximate surface area is 64.5 Å². The van der Waals surface area contributed by atoms with Gasteiger partial charge in [-0.1, -0.05) is 33.6 Å². The topological polar surface area (TPSA) is 20.2 Å². The Hall–Kier alpha value is -0.0400. The van der Waals surface area contributed by atoms with E-state index in [2.05, 4.69) is 20.8 Å². The average molecular weight is 144 g/mol. The van der Waals surface area contributed by atoms with Crippen LogP contribution >= 0.6 is 0 Å². The number of aliphatic hydroxyl groups excluding tert-OH is 1. The molecule has 0 heterocycles. The Morgan fingerprint density at radius 2 is 1.70 bits per heavy atom. The smallest absolute Gasteiger partial charge is 0.0540 e. The van der Waals surface area contributed by atoms with Gasteiger partial charge in [-0.25, -0.2) is 0 Å². The predicted molar refractivity (Wildman–Crippen MR) is 44.9 cm³/mol. The zero-order chi connectivity index (χ0) is 8.15. The second kappa shape index (κ2) is 4.73. The molecule has 0 spiro atoms. The Kier molecular flexibility index (Phi) is 4.71. The van der Waals surface area contributed by atoms with E-state index in [4.69, 9.17) is 0 Å². The fourth-order valence-electron chi connectivity index (χ4n) is 1.19. The Balaban J connectivity index is 3.58. The van der Waals surface area contributed by atoms with E-state index < -0.39 is 0 Å². The van der Waals surface area contributed by atoms with Crippen LogP contribution in [0.2, 0.25) is 0 Å². The molecule has 0 aromatic rings. The van der Waals surface area contributed by atoms with Gasteiger partial charge in [-0.05, 0) is 18.8 Å². The minimum Gasteiger partial charge on any atom is -0.393 e. The average Bonchev–Trinajstić information content (AvgIpc) is 1.87. The molecule has 0 rings (SSSR count). The molecule has 1 nitrogen and oxygen atoms in total. The van der Waals surface area contributed by atoms with Crippen LogP contribution in [0.4, 0.5) is 0 Å². The summed E-state index contributed by atoms with van der Waals surface area (Å²) in [4.78, 5) is 0. The van der Waals surface area contributed by atoms with Gasteiger partial charge in [0, 0.05) is 0 Å². The zero-order valence-electron chi connectivity index (χ0n) is 7.59. The SMILES string of the molecule is CCCC(C)C(C)C(C)O. The molecule has 0 aliphatic carbocycles. The summed E-state index contributed by atoms with van der Waals surface area (Å²) in [5, 5.41) is 9.22. The molecule has 0 aromatic heterocycles. The second-order valence-electron chi connectivity index (χ2n) is 3.37. The lowest BCUT2D eigenvalue weighted by molar-refractivity contribution is 0.101. The minimum absolute atomic E-state index is 0.151. The molecule has 1 N–H and O–H groups in total. The van der Waals surface area contributed by atoms with Gasteiger partial charge in [-0.3, -0.25) is 0 Å². The van der Waals surface area contributed by atoms with Crippen molar-refractivity contribution in [1.29, 1.82) is 0 Å². The molecule has 1 heteroatoms. The summed E-state index contributed by atoms with van der Waals surface area (Å²) in [6, 6.07) is 0. The van der Waals surface area contributed by atoms with Crippen molar-refractivity contribution in [3.63, 3.8) is 0 Å². The highest BCUT2D eigenvalue weighted by atomic mass is 16.3. The van der Waals surface area contributed by atoms with Crippen molar-refractivity contribution < 1.29 is 5.11 Å². The molecule has 62 valence electrons. The summed E-state index contributed by atoms with van der Waals surface area (Å²) >= 11 is 0. The molecule has 0 saturated carbocycles. The van der Waals surface area contributed by atoms with Crippen LogP contribution in [-0.2, 0) is 0 Å². The van der Waals surface area contributed by atoms with Gasteiger partial charge in [-0.15, -0.1) is 0 Å². The highest BCUT2D eigenvalue weighted by Crippen LogP contribution is 2.19. The summed E-state index contributed by atoms with van der Waals surface area (Å²) in [5.41, 5.74) is 0. The molecule has 10 heavy (non-hydrogen) atoms. The van der Waals surface area contributed by atoms with E-state index in [0.29, 0.717) is 11.8 Å². The van der Waals surface area contributed by atoms with E-state index in [0.717, 1.165) is 0 Å². The largest absolute Gasteiger partial charge is 0.393 e. The van der Waals surface area contributed by atoms with E-state index in [1.165, 1.54) is 12.8 Å². The van der Waals surface area contributed by atoms with Gasteiger partial charge in [0.05, 0.1) is 6.10 Å². The van der Waals surface area contributed by atoms with Gasteiger partial charge >= 0.3 is 0 Å². The fourth-order valence-corrected chi connectivity index (χ4v) is 1.19. The summed E-state index contributed by atoms with van der Waals surface area (Å²) in [7, 11) is 0. The van der Waals surface area contributed by atoms with Crippen molar-refractivity contribution in [2.24, 2.45) is 11.8 Å². The first-order chi connectivity index (χ1) is 4.59. The third kappa shape index (κ3) is 3.21. The fraction of sp³-hybridized carbons (Fsp3) is 1.00. The van der Waals surface area contributed by atoms with Gasteiger partial charge in [0.1, 0.15) is 0 Å². The van der Waals surface area contributed by atoms with E-state index in [-0.39, 0.29) is 6.10 Å². The standard InChI is InChI=1S/C9H20O/c1-5-6-7(2)8(3)9(4)10/h7-10H,5-6H2,1-4H3. The number of hydrogen-bond donors (Lipinski definition) is 1. The van der Waals surface area contributed by atoms with Crippen LogP contribution in [0.1, 0.15) is 40.5 Å². The van der Waals surface area contributed by atoms with Crippen molar-refractivity contribution in [2.45, 2.75) is 46.6 Å². The lowest BCUT2D eigenvalue weighted by atomic mass is 9.88. The van der Waals surface area contributed by atoms with Crippen molar-refractivity contribution in [3.8, 4) is 0 Å². The molecule has 3 unspecified atom stereocenters. The third-order valence-corrected chi connectivity index (χ3v) is 2.40. The molecule has 0 radical (unpaired) electrons. The zero-order valence-corrected chi connectivity index (χ0v) is 7.59. The van der Waals surface area contributed by atoms with Crippen LogP contribution in [0.25, 0.3) is 0 Å². The van der Waals surface area contributed by atoms with Gasteiger partial charge in [0.2, 0.25) is 0 Å². The molecular weight excluding hydrogens is 124 g/mol. The molecule has 0 fully saturated rings. The van der Waals surface area contributed by atoms with Crippen LogP contribution in [0, 0.1) is 11.8 Å². The molecule has 0 amide bonds. The Bertz CT molecular complexity index is 78.8. The molecule has 0 aromatic carbocycles. The lowest BCUT2D eigenvalue weighted by Crippen LogP contribution is -2.20. The first kappa shape index (κ1) is 9.96. The maximum atomic E-state index is 9.22. The Morgan fingerprint density at radius 3 is 2.00 bits per heavy atom. The third-order valence-electron chi connectivity index (χ3n) is 2.40. The van der Waals surface area contributed by atoms with Crippen molar-refractivity contribution in [1.82, 2.24) is 0 Å². The highest BCUT2D eigenvalue weighted by molar-refractivity contribution is 4.65. The predicted octanol–water partition coefficient (Wildman–Crippen LogP) is 2.44. The molecule has 0 aliphatic rings. The highest BCUT2D eigenvalue weighted by Gasteiger charge is 2.15. The van der Waals surface area contributed by atoms with Crippen LogP contribution < -0.4 is 0 Å². The molecule has 0 aliphatic heterocycles. The van der Waals surface area contributed by atoms with Crippen molar-refractivity contribution in [2.75, 3.05) is 0 Å². The second-order valence-corrected chi connectivity index (χ2v) is 3.37. The number of hydrogen-bond acceptors (Lipinski definition) is 1. The van der Waals surface area contributed by atoms with Gasteiger partial charge in [-0.2, -0.15) is 0 Å². The minimum atomic E-state index is -0.151. The van der Waals surface area contributed by atoms with E-state index >= 15 is 0 Å². The van der Waals surface area contributed by atoms with Crippen molar-refractivity contribution >= 4 is 0 Å². The van der Waals surface area contributed by atoms with Crippen molar-refractivity contribution in [3.05, 3.63) is 0 Å². The lowest BCUT2D eigenvalue weighted by Gasteiger charge is -2.21. The summed E-state index contributed by atoms with van der Waals surface area (Å²) in [6.45, 7) is 8.38. The maximum Gasteiger partial charge on any atom is 0.0540 e. The van der Waals surface area contributed by atoms with Gasteiger partial charge < -0.3 is 5.11 Å². The number of aliphatic hydroxyl groups is 1. The first-order valence-corrected chi connectivity index (χ1v) is 4.27. The van der Waals surface area contributed by atoms with Crippen LogP contribution in [0.5, 0.6) is 0 Å². The normalized spacial score (nSPS) is 20.1.